The Bertz CT molecular complexity index is 1360. The third-order valence-electron chi connectivity index (χ3n) is 7.35. The standard InChI is InChI=1S/C32H37BrO11/c1-5-38-30(35)26-25(17-43-18(4)34)44-29(28(32(37)40-7-3)27(26)31(36)39-6-2)20-9-10-22(33)21(16-20)14-19-8-11-23-24(15-19)42-13-12-41-23/h8-11,15-16,25-29H,5-7,12-14,17H2,1-4H3/t25-,26-,27-,28-,29?/m0/s1. The lowest BCUT2D eigenvalue weighted by atomic mass is 9.71. The minimum atomic E-state index is -1.34. The molecule has 0 N–H and O–H groups in total. The summed E-state index contributed by atoms with van der Waals surface area (Å²) < 4.78 is 40.0. The van der Waals surface area contributed by atoms with Crippen LogP contribution < -0.4 is 9.47 Å². The predicted octanol–water partition coefficient (Wildman–Crippen LogP) is 4.35. The van der Waals surface area contributed by atoms with Crippen LogP contribution in [0, 0.1) is 17.8 Å². The molecule has 12 heteroatoms. The minimum Gasteiger partial charge on any atom is -0.486 e. The van der Waals surface area contributed by atoms with Crippen molar-refractivity contribution in [1.82, 2.24) is 0 Å². The first-order valence-corrected chi connectivity index (χ1v) is 15.4. The fourth-order valence-corrected chi connectivity index (χ4v) is 5.92. The Hall–Kier alpha value is -3.64. The van der Waals surface area contributed by atoms with Crippen LogP contribution in [0.3, 0.4) is 0 Å². The molecule has 2 aromatic rings. The molecule has 4 rings (SSSR count). The summed E-state index contributed by atoms with van der Waals surface area (Å²) in [4.78, 5) is 52.2. The molecule has 11 nitrogen and oxygen atoms in total. The van der Waals surface area contributed by atoms with Gasteiger partial charge in [0, 0.05) is 11.4 Å². The van der Waals surface area contributed by atoms with E-state index in [0.29, 0.717) is 36.7 Å². The van der Waals surface area contributed by atoms with Crippen molar-refractivity contribution in [3.05, 3.63) is 57.6 Å². The largest absolute Gasteiger partial charge is 0.486 e. The summed E-state index contributed by atoms with van der Waals surface area (Å²) in [5, 5.41) is 0. The summed E-state index contributed by atoms with van der Waals surface area (Å²) in [7, 11) is 0. The second-order valence-corrected chi connectivity index (χ2v) is 11.1. The van der Waals surface area contributed by atoms with Crippen molar-refractivity contribution in [2.24, 2.45) is 17.8 Å². The van der Waals surface area contributed by atoms with Crippen molar-refractivity contribution in [2.75, 3.05) is 39.6 Å². The molecule has 0 radical (unpaired) electrons. The highest BCUT2D eigenvalue weighted by Gasteiger charge is 2.57. The summed E-state index contributed by atoms with van der Waals surface area (Å²) >= 11 is 3.63. The van der Waals surface area contributed by atoms with E-state index >= 15 is 0 Å². The number of esters is 4. The van der Waals surface area contributed by atoms with Crippen molar-refractivity contribution in [2.45, 2.75) is 46.3 Å². The van der Waals surface area contributed by atoms with Gasteiger partial charge in [-0.2, -0.15) is 0 Å². The Kier molecular flexibility index (Phi) is 11.6. The summed E-state index contributed by atoms with van der Waals surface area (Å²) in [6, 6.07) is 11.2. The molecule has 2 aliphatic rings. The normalized spacial score (nSPS) is 22.4. The molecule has 0 saturated carbocycles. The Morgan fingerprint density at radius 2 is 1.39 bits per heavy atom. The molecule has 0 spiro atoms. The highest BCUT2D eigenvalue weighted by molar-refractivity contribution is 9.10. The SMILES string of the molecule is CCOC(=O)[C@@H]1[C@H](C(=O)OCC)[C@H](C(=O)OCC)C(c2ccc(Br)c(Cc3ccc4c(c3)OCCO4)c2)O[C@H]1COC(C)=O. The van der Waals surface area contributed by atoms with Gasteiger partial charge in [0.05, 0.1) is 31.8 Å². The zero-order valence-electron chi connectivity index (χ0n) is 25.2. The Morgan fingerprint density at radius 3 is 2.02 bits per heavy atom. The lowest BCUT2D eigenvalue weighted by molar-refractivity contribution is -0.211. The van der Waals surface area contributed by atoms with E-state index in [1.165, 1.54) is 6.92 Å². The van der Waals surface area contributed by atoms with Gasteiger partial charge < -0.3 is 33.2 Å². The van der Waals surface area contributed by atoms with Gasteiger partial charge >= 0.3 is 23.9 Å². The number of ether oxygens (including phenoxy) is 7. The molecule has 0 amide bonds. The average molecular weight is 678 g/mol. The fourth-order valence-electron chi connectivity index (χ4n) is 5.53. The van der Waals surface area contributed by atoms with Gasteiger partial charge in [0.15, 0.2) is 11.5 Å². The molecule has 0 bridgehead atoms. The van der Waals surface area contributed by atoms with E-state index < -0.39 is 53.8 Å². The highest BCUT2D eigenvalue weighted by atomic mass is 79.9. The molecule has 1 saturated heterocycles. The minimum absolute atomic E-state index is 0.0124. The van der Waals surface area contributed by atoms with E-state index in [1.54, 1.807) is 26.8 Å². The van der Waals surface area contributed by atoms with E-state index in [1.807, 2.05) is 30.3 Å². The lowest BCUT2D eigenvalue weighted by Gasteiger charge is -2.43. The van der Waals surface area contributed by atoms with Gasteiger partial charge in [-0.05, 0) is 62.1 Å². The van der Waals surface area contributed by atoms with Gasteiger partial charge in [0.1, 0.15) is 37.8 Å². The maximum atomic E-state index is 13.6. The number of hydrogen-bond acceptors (Lipinski definition) is 11. The maximum absolute atomic E-state index is 13.6. The number of fused-ring (bicyclic) bond motifs is 1. The number of halogens is 1. The molecule has 2 aromatic carbocycles. The summed E-state index contributed by atoms with van der Waals surface area (Å²) in [6.45, 7) is 6.80. The second kappa shape index (κ2) is 15.4. The van der Waals surface area contributed by atoms with E-state index in [0.717, 1.165) is 15.6 Å². The number of benzene rings is 2. The van der Waals surface area contributed by atoms with E-state index in [-0.39, 0.29) is 26.4 Å². The fraction of sp³-hybridized carbons (Fsp3) is 0.500. The Labute approximate surface area is 264 Å². The summed E-state index contributed by atoms with van der Waals surface area (Å²) in [5.41, 5.74) is 2.38. The van der Waals surface area contributed by atoms with Crippen LogP contribution in [0.15, 0.2) is 40.9 Å². The summed E-state index contributed by atoms with van der Waals surface area (Å²) in [6.07, 6.45) is -1.68. The molecule has 1 fully saturated rings. The van der Waals surface area contributed by atoms with E-state index in [4.69, 9.17) is 33.2 Å². The average Bonchev–Trinajstić information content (AvgIpc) is 3.00. The topological polar surface area (TPSA) is 133 Å². The number of rotatable bonds is 11. The smallest absolute Gasteiger partial charge is 0.312 e. The third kappa shape index (κ3) is 7.71. The second-order valence-electron chi connectivity index (χ2n) is 10.2. The third-order valence-corrected chi connectivity index (χ3v) is 8.12. The maximum Gasteiger partial charge on any atom is 0.312 e. The van der Waals surface area contributed by atoms with Crippen LogP contribution in [-0.2, 0) is 49.3 Å². The zero-order chi connectivity index (χ0) is 31.8. The molecule has 5 atom stereocenters. The van der Waals surface area contributed by atoms with Gasteiger partial charge in [-0.25, -0.2) is 0 Å². The van der Waals surface area contributed by atoms with Crippen LogP contribution in [0.5, 0.6) is 11.5 Å². The van der Waals surface area contributed by atoms with Crippen molar-refractivity contribution < 1.29 is 52.3 Å². The van der Waals surface area contributed by atoms with Crippen LogP contribution in [0.1, 0.15) is 50.5 Å². The molecule has 2 aliphatic heterocycles. The lowest BCUT2D eigenvalue weighted by Crippen LogP contribution is -2.55. The molecular formula is C32H37BrO11. The van der Waals surface area contributed by atoms with Crippen molar-refractivity contribution in [3.8, 4) is 11.5 Å². The zero-order valence-corrected chi connectivity index (χ0v) is 26.8. The number of hydrogen-bond donors (Lipinski definition) is 0. The van der Waals surface area contributed by atoms with E-state index in [9.17, 15) is 19.2 Å². The monoisotopic (exact) mass is 676 g/mol. The molecule has 0 aromatic heterocycles. The van der Waals surface area contributed by atoms with Gasteiger partial charge in [0.25, 0.3) is 0 Å². The predicted molar refractivity (Wildman–Crippen MR) is 159 cm³/mol. The van der Waals surface area contributed by atoms with Crippen LogP contribution in [0.25, 0.3) is 0 Å². The van der Waals surface area contributed by atoms with Crippen LogP contribution in [0.2, 0.25) is 0 Å². The first-order chi connectivity index (χ1) is 21.2. The van der Waals surface area contributed by atoms with Crippen LogP contribution >= 0.6 is 15.9 Å². The van der Waals surface area contributed by atoms with Gasteiger partial charge in [-0.15, -0.1) is 0 Å². The first kappa shape index (κ1) is 33.3. The first-order valence-electron chi connectivity index (χ1n) is 14.6. The molecule has 2 heterocycles. The Balaban J connectivity index is 1.78. The number of carbonyl (C=O) groups excluding carboxylic acids is 4. The van der Waals surface area contributed by atoms with Crippen molar-refractivity contribution in [3.63, 3.8) is 0 Å². The quantitative estimate of drug-likeness (QED) is 0.248. The van der Waals surface area contributed by atoms with Crippen molar-refractivity contribution >= 4 is 39.8 Å². The van der Waals surface area contributed by atoms with E-state index in [2.05, 4.69) is 15.9 Å². The van der Waals surface area contributed by atoms with Crippen LogP contribution in [-0.4, -0.2) is 69.6 Å². The molecule has 1 unspecified atom stereocenters. The van der Waals surface area contributed by atoms with Gasteiger partial charge in [-0.1, -0.05) is 34.1 Å². The molecule has 238 valence electrons. The summed E-state index contributed by atoms with van der Waals surface area (Å²) in [5.74, 6) is -5.44. The molecular weight excluding hydrogens is 640 g/mol. The van der Waals surface area contributed by atoms with Gasteiger partial charge in [-0.3, -0.25) is 19.2 Å². The van der Waals surface area contributed by atoms with Crippen molar-refractivity contribution in [1.29, 1.82) is 0 Å². The number of carbonyl (C=O) groups is 4. The van der Waals surface area contributed by atoms with Gasteiger partial charge in [0.2, 0.25) is 0 Å². The molecule has 0 aliphatic carbocycles. The van der Waals surface area contributed by atoms with Crippen LogP contribution in [0.4, 0.5) is 0 Å². The highest BCUT2D eigenvalue weighted by Crippen LogP contribution is 2.46. The Morgan fingerprint density at radius 1 is 0.773 bits per heavy atom. The molecule has 44 heavy (non-hydrogen) atoms.